The molecule has 2 rings (SSSR count). The summed E-state index contributed by atoms with van der Waals surface area (Å²) >= 11 is 5.62. The van der Waals surface area contributed by atoms with E-state index < -0.39 is 0 Å². The van der Waals surface area contributed by atoms with E-state index in [0.29, 0.717) is 22.6 Å². The second kappa shape index (κ2) is 3.48. The van der Waals surface area contributed by atoms with Gasteiger partial charge in [0.1, 0.15) is 5.76 Å². The Morgan fingerprint density at radius 2 is 2.21 bits per heavy atom. The maximum Gasteiger partial charge on any atom is 0.263 e. The van der Waals surface area contributed by atoms with Gasteiger partial charge in [-0.2, -0.15) is 0 Å². The fourth-order valence-electron chi connectivity index (χ4n) is 1.04. The average Bonchev–Trinajstić information content (AvgIpc) is 2.70. The van der Waals surface area contributed by atoms with Gasteiger partial charge < -0.3 is 14.6 Å². The van der Waals surface area contributed by atoms with Crippen LogP contribution in [0.5, 0.6) is 0 Å². The van der Waals surface area contributed by atoms with Crippen molar-refractivity contribution >= 4 is 11.6 Å². The second-order valence-corrected chi connectivity index (χ2v) is 3.33. The van der Waals surface area contributed by atoms with Crippen molar-refractivity contribution in [2.45, 2.75) is 13.0 Å². The summed E-state index contributed by atoms with van der Waals surface area (Å²) in [6.45, 7) is 1.82. The summed E-state index contributed by atoms with van der Waals surface area (Å²) in [6.07, 6.45) is 1.58. The molecule has 0 saturated carbocycles. The van der Waals surface area contributed by atoms with Crippen LogP contribution in [0.15, 0.2) is 27.2 Å². The molecular weight excluding hydrogens is 204 g/mol. The molecule has 0 aliphatic rings. The first-order valence-corrected chi connectivity index (χ1v) is 4.51. The number of rotatable bonds is 2. The van der Waals surface area contributed by atoms with E-state index in [-0.39, 0.29) is 6.04 Å². The molecule has 1 unspecified atom stereocenters. The number of furan rings is 1. The highest BCUT2D eigenvalue weighted by Gasteiger charge is 2.12. The number of hydrogen-bond acceptors (Lipinski definition) is 4. The minimum atomic E-state index is -0.179. The minimum Gasteiger partial charge on any atom is -0.440 e. The third kappa shape index (κ3) is 1.66. The summed E-state index contributed by atoms with van der Waals surface area (Å²) in [5, 5.41) is 0.306. The van der Waals surface area contributed by atoms with E-state index in [1.54, 1.807) is 18.3 Å². The first-order chi connectivity index (χ1) is 6.66. The molecule has 0 radical (unpaired) electrons. The summed E-state index contributed by atoms with van der Waals surface area (Å²) in [5.74, 6) is 1.51. The van der Waals surface area contributed by atoms with Crippen LogP contribution in [0.4, 0.5) is 0 Å². The van der Waals surface area contributed by atoms with Crippen LogP contribution in [-0.2, 0) is 0 Å². The van der Waals surface area contributed by atoms with Crippen LogP contribution in [0.2, 0.25) is 5.22 Å². The number of nitrogens with zero attached hydrogens (tertiary/aromatic N) is 1. The Hall–Kier alpha value is -1.26. The average molecular weight is 213 g/mol. The zero-order chi connectivity index (χ0) is 10.1. The Kier molecular flexibility index (Phi) is 2.31. The van der Waals surface area contributed by atoms with E-state index in [9.17, 15) is 0 Å². The molecule has 0 fully saturated rings. The molecule has 1 atom stereocenters. The van der Waals surface area contributed by atoms with Gasteiger partial charge in [-0.25, -0.2) is 4.98 Å². The van der Waals surface area contributed by atoms with Crippen molar-refractivity contribution in [3.05, 3.63) is 29.3 Å². The number of hydrogen-bond donors (Lipinski definition) is 1. The van der Waals surface area contributed by atoms with Crippen molar-refractivity contribution in [3.8, 4) is 11.7 Å². The van der Waals surface area contributed by atoms with Gasteiger partial charge in [0.25, 0.3) is 5.89 Å². The molecule has 0 bridgehead atoms. The molecule has 0 saturated heterocycles. The lowest BCUT2D eigenvalue weighted by Crippen LogP contribution is -2.02. The van der Waals surface area contributed by atoms with E-state index in [2.05, 4.69) is 4.98 Å². The van der Waals surface area contributed by atoms with Crippen LogP contribution in [-0.4, -0.2) is 4.98 Å². The molecule has 0 spiro atoms. The smallest absolute Gasteiger partial charge is 0.263 e. The molecule has 14 heavy (non-hydrogen) atoms. The predicted molar refractivity (Wildman–Crippen MR) is 51.8 cm³/mol. The van der Waals surface area contributed by atoms with Crippen LogP contribution in [0, 0.1) is 0 Å². The fraction of sp³-hybridized carbons (Fsp3) is 0.222. The topological polar surface area (TPSA) is 65.2 Å². The van der Waals surface area contributed by atoms with Crippen molar-refractivity contribution in [1.29, 1.82) is 0 Å². The quantitative estimate of drug-likeness (QED) is 0.831. The summed E-state index contributed by atoms with van der Waals surface area (Å²) in [6, 6.07) is 3.15. The molecule has 2 aromatic heterocycles. The highest BCUT2D eigenvalue weighted by molar-refractivity contribution is 6.28. The zero-order valence-electron chi connectivity index (χ0n) is 7.53. The molecular formula is C9H9ClN2O2. The molecule has 0 amide bonds. The van der Waals surface area contributed by atoms with Gasteiger partial charge in [-0.15, -0.1) is 0 Å². The fourth-order valence-corrected chi connectivity index (χ4v) is 1.19. The van der Waals surface area contributed by atoms with Crippen LogP contribution in [0.25, 0.3) is 11.7 Å². The van der Waals surface area contributed by atoms with Crippen LogP contribution < -0.4 is 5.73 Å². The lowest BCUT2D eigenvalue weighted by molar-refractivity contribution is 0.466. The van der Waals surface area contributed by atoms with Gasteiger partial charge >= 0.3 is 0 Å². The van der Waals surface area contributed by atoms with Crippen LogP contribution >= 0.6 is 11.6 Å². The maximum absolute atomic E-state index is 5.62. The Bertz CT molecular complexity index is 433. The monoisotopic (exact) mass is 212 g/mol. The lowest BCUT2D eigenvalue weighted by atomic mass is 10.3. The van der Waals surface area contributed by atoms with Gasteiger partial charge in [-0.3, -0.25) is 0 Å². The van der Waals surface area contributed by atoms with Gasteiger partial charge in [-0.1, -0.05) is 0 Å². The molecule has 2 heterocycles. The van der Waals surface area contributed by atoms with Crippen LogP contribution in [0.3, 0.4) is 0 Å². The SMILES string of the molecule is CC(N)c1cnc(-c2ccc(Cl)o2)o1. The summed E-state index contributed by atoms with van der Waals surface area (Å²) < 4.78 is 10.5. The van der Waals surface area contributed by atoms with E-state index in [4.69, 9.17) is 26.2 Å². The van der Waals surface area contributed by atoms with Crippen LogP contribution in [0.1, 0.15) is 18.7 Å². The van der Waals surface area contributed by atoms with E-state index in [0.717, 1.165) is 0 Å². The maximum atomic E-state index is 5.62. The van der Waals surface area contributed by atoms with E-state index in [1.807, 2.05) is 6.92 Å². The summed E-state index contributed by atoms with van der Waals surface area (Å²) in [4.78, 5) is 4.02. The Morgan fingerprint density at radius 1 is 1.43 bits per heavy atom. The Morgan fingerprint density at radius 3 is 2.71 bits per heavy atom. The Labute approximate surface area is 85.7 Å². The normalized spacial score (nSPS) is 13.1. The first-order valence-electron chi connectivity index (χ1n) is 4.14. The van der Waals surface area contributed by atoms with E-state index >= 15 is 0 Å². The van der Waals surface area contributed by atoms with Gasteiger partial charge in [0.15, 0.2) is 11.0 Å². The highest BCUT2D eigenvalue weighted by atomic mass is 35.5. The van der Waals surface area contributed by atoms with E-state index in [1.165, 1.54) is 0 Å². The number of oxazole rings is 1. The minimum absolute atomic E-state index is 0.179. The van der Waals surface area contributed by atoms with Crippen molar-refractivity contribution in [2.24, 2.45) is 5.73 Å². The largest absolute Gasteiger partial charge is 0.440 e. The standard InChI is InChI=1S/C9H9ClN2O2/c1-5(11)7-4-12-9(14-7)6-2-3-8(10)13-6/h2-5H,11H2,1H3. The molecule has 74 valence electrons. The number of nitrogens with two attached hydrogens (primary N) is 1. The predicted octanol–water partition coefficient (Wildman–Crippen LogP) is 2.61. The third-order valence-corrected chi connectivity index (χ3v) is 1.96. The molecule has 0 aliphatic heterocycles. The first kappa shape index (κ1) is 9.30. The van der Waals surface area contributed by atoms with Gasteiger partial charge in [-0.05, 0) is 30.7 Å². The van der Waals surface area contributed by atoms with Gasteiger partial charge in [0.2, 0.25) is 0 Å². The molecule has 2 N–H and O–H groups in total. The lowest BCUT2D eigenvalue weighted by Gasteiger charge is -1.96. The van der Waals surface area contributed by atoms with Crippen molar-refractivity contribution in [3.63, 3.8) is 0 Å². The summed E-state index contributed by atoms with van der Waals surface area (Å²) in [5.41, 5.74) is 5.62. The molecule has 5 heteroatoms. The van der Waals surface area contributed by atoms with Gasteiger partial charge in [0.05, 0.1) is 12.2 Å². The molecule has 0 aliphatic carbocycles. The number of halogens is 1. The Balaban J connectivity index is 2.33. The van der Waals surface area contributed by atoms with Gasteiger partial charge in [0, 0.05) is 0 Å². The second-order valence-electron chi connectivity index (χ2n) is 2.96. The summed E-state index contributed by atoms with van der Waals surface area (Å²) in [7, 11) is 0. The van der Waals surface area contributed by atoms with Crippen molar-refractivity contribution in [1.82, 2.24) is 4.98 Å². The number of aromatic nitrogens is 1. The van der Waals surface area contributed by atoms with Crippen molar-refractivity contribution in [2.75, 3.05) is 0 Å². The molecule has 4 nitrogen and oxygen atoms in total. The highest BCUT2D eigenvalue weighted by Crippen LogP contribution is 2.25. The zero-order valence-corrected chi connectivity index (χ0v) is 8.28. The molecule has 0 aromatic carbocycles. The van der Waals surface area contributed by atoms with Crippen molar-refractivity contribution < 1.29 is 8.83 Å². The molecule has 2 aromatic rings. The third-order valence-electron chi connectivity index (χ3n) is 1.76.